The van der Waals surface area contributed by atoms with Crippen LogP contribution in [-0.2, 0) is 14.3 Å². The van der Waals surface area contributed by atoms with Crippen molar-refractivity contribution in [1.29, 1.82) is 0 Å². The first kappa shape index (κ1) is 12.9. The molecule has 82 valence electrons. The second-order valence-corrected chi connectivity index (χ2v) is 3.05. The van der Waals surface area contributed by atoms with Crippen molar-refractivity contribution in [2.75, 3.05) is 6.54 Å². The predicted octanol–water partition coefficient (Wildman–Crippen LogP) is 0.391. The second kappa shape index (κ2) is 6.37. The smallest absolute Gasteiger partial charge is 0.332 e. The number of rotatable bonds is 6. The Hall–Kier alpha value is -1.10. The molecule has 1 amide bonds. The van der Waals surface area contributed by atoms with Gasteiger partial charge in [-0.05, 0) is 20.3 Å². The summed E-state index contributed by atoms with van der Waals surface area (Å²) >= 11 is 0. The fourth-order valence-electron chi connectivity index (χ4n) is 0.818. The maximum absolute atomic E-state index is 11.2. The Morgan fingerprint density at radius 1 is 1.36 bits per heavy atom. The monoisotopic (exact) mass is 203 g/mol. The predicted molar refractivity (Wildman–Crippen MR) is 50.9 cm³/mol. The zero-order chi connectivity index (χ0) is 11.1. The Bertz CT molecular complexity index is 205. The standard InChI is InChI=1S/C9H17NO4/c1-4-5-10-8(11)6(2)14-7(3)9(12)13/h6-7H,4-5H2,1-3H3,(H,10,11)(H,12,13). The van der Waals surface area contributed by atoms with Crippen LogP contribution in [0.4, 0.5) is 0 Å². The van der Waals surface area contributed by atoms with E-state index in [9.17, 15) is 9.59 Å². The van der Waals surface area contributed by atoms with Gasteiger partial charge in [-0.3, -0.25) is 4.79 Å². The van der Waals surface area contributed by atoms with Gasteiger partial charge in [-0.1, -0.05) is 6.92 Å². The van der Waals surface area contributed by atoms with Crippen LogP contribution in [0.3, 0.4) is 0 Å². The number of aliphatic carboxylic acids is 1. The molecule has 0 heterocycles. The number of carboxylic acid groups (broad SMARTS) is 1. The van der Waals surface area contributed by atoms with E-state index in [-0.39, 0.29) is 5.91 Å². The van der Waals surface area contributed by atoms with Crippen LogP contribution < -0.4 is 5.32 Å². The molecular weight excluding hydrogens is 186 g/mol. The molecule has 5 heteroatoms. The van der Waals surface area contributed by atoms with Crippen LogP contribution in [-0.4, -0.2) is 35.7 Å². The summed E-state index contributed by atoms with van der Waals surface area (Å²) in [7, 11) is 0. The van der Waals surface area contributed by atoms with Crippen molar-refractivity contribution >= 4 is 11.9 Å². The van der Waals surface area contributed by atoms with Crippen LogP contribution in [0.1, 0.15) is 27.2 Å². The minimum Gasteiger partial charge on any atom is -0.479 e. The van der Waals surface area contributed by atoms with Crippen molar-refractivity contribution in [3.8, 4) is 0 Å². The molecule has 2 N–H and O–H groups in total. The fraction of sp³-hybridized carbons (Fsp3) is 0.778. The van der Waals surface area contributed by atoms with Crippen molar-refractivity contribution in [3.63, 3.8) is 0 Å². The summed E-state index contributed by atoms with van der Waals surface area (Å²) in [6, 6.07) is 0. The summed E-state index contributed by atoms with van der Waals surface area (Å²) < 4.78 is 4.96. The van der Waals surface area contributed by atoms with Crippen molar-refractivity contribution in [2.24, 2.45) is 0 Å². The van der Waals surface area contributed by atoms with Crippen LogP contribution in [0, 0.1) is 0 Å². The van der Waals surface area contributed by atoms with Gasteiger partial charge in [-0.2, -0.15) is 0 Å². The molecule has 0 spiro atoms. The minimum atomic E-state index is -1.07. The van der Waals surface area contributed by atoms with Crippen LogP contribution in [0.5, 0.6) is 0 Å². The molecule has 14 heavy (non-hydrogen) atoms. The molecule has 0 fully saturated rings. The Morgan fingerprint density at radius 2 is 1.93 bits per heavy atom. The first-order chi connectivity index (χ1) is 6.49. The number of nitrogens with one attached hydrogen (secondary N) is 1. The summed E-state index contributed by atoms with van der Waals surface area (Å²) in [5.74, 6) is -1.35. The molecule has 0 rings (SSSR count). The minimum absolute atomic E-state index is 0.278. The summed E-state index contributed by atoms with van der Waals surface area (Å²) in [4.78, 5) is 21.6. The molecule has 0 bridgehead atoms. The van der Waals surface area contributed by atoms with Gasteiger partial charge in [0.05, 0.1) is 0 Å². The summed E-state index contributed by atoms with van der Waals surface area (Å²) in [6.07, 6.45) is -0.850. The van der Waals surface area contributed by atoms with Gasteiger partial charge < -0.3 is 15.2 Å². The second-order valence-electron chi connectivity index (χ2n) is 3.05. The lowest BCUT2D eigenvalue weighted by molar-refractivity contribution is -0.155. The van der Waals surface area contributed by atoms with Crippen molar-refractivity contribution in [3.05, 3.63) is 0 Å². The normalized spacial score (nSPS) is 14.5. The van der Waals surface area contributed by atoms with E-state index in [1.165, 1.54) is 13.8 Å². The molecule has 0 saturated carbocycles. The first-order valence-corrected chi connectivity index (χ1v) is 4.65. The Balaban J connectivity index is 3.88. The fourth-order valence-corrected chi connectivity index (χ4v) is 0.818. The van der Waals surface area contributed by atoms with Gasteiger partial charge in [0, 0.05) is 6.54 Å². The van der Waals surface area contributed by atoms with E-state index >= 15 is 0 Å². The van der Waals surface area contributed by atoms with E-state index < -0.39 is 18.2 Å². The Morgan fingerprint density at radius 3 is 2.36 bits per heavy atom. The third kappa shape index (κ3) is 4.81. The topological polar surface area (TPSA) is 75.6 Å². The summed E-state index contributed by atoms with van der Waals surface area (Å²) in [6.45, 7) is 5.44. The molecule has 0 saturated heterocycles. The van der Waals surface area contributed by atoms with E-state index in [2.05, 4.69) is 5.32 Å². The molecule has 0 aliphatic rings. The van der Waals surface area contributed by atoms with Gasteiger partial charge in [0.2, 0.25) is 5.91 Å². The molecule has 5 nitrogen and oxygen atoms in total. The number of carboxylic acids is 1. The number of hydrogen-bond donors (Lipinski definition) is 2. The number of carbonyl (C=O) groups excluding carboxylic acids is 1. The average molecular weight is 203 g/mol. The van der Waals surface area contributed by atoms with Crippen molar-refractivity contribution in [2.45, 2.75) is 39.4 Å². The lowest BCUT2D eigenvalue weighted by Gasteiger charge is -2.15. The van der Waals surface area contributed by atoms with Gasteiger partial charge in [0.1, 0.15) is 6.10 Å². The van der Waals surface area contributed by atoms with Crippen LogP contribution in [0.15, 0.2) is 0 Å². The number of amides is 1. The van der Waals surface area contributed by atoms with Gasteiger partial charge in [-0.15, -0.1) is 0 Å². The first-order valence-electron chi connectivity index (χ1n) is 4.65. The quantitative estimate of drug-likeness (QED) is 0.654. The van der Waals surface area contributed by atoms with E-state index in [4.69, 9.17) is 9.84 Å². The molecule has 0 radical (unpaired) electrons. The molecule has 2 atom stereocenters. The van der Waals surface area contributed by atoms with E-state index in [0.29, 0.717) is 6.54 Å². The average Bonchev–Trinajstić information content (AvgIpc) is 2.13. The zero-order valence-electron chi connectivity index (χ0n) is 8.74. The summed E-state index contributed by atoms with van der Waals surface area (Å²) in [5, 5.41) is 11.2. The highest BCUT2D eigenvalue weighted by Crippen LogP contribution is 1.98. The third-order valence-corrected chi connectivity index (χ3v) is 1.67. The van der Waals surface area contributed by atoms with Gasteiger partial charge in [0.15, 0.2) is 6.10 Å². The molecule has 0 aliphatic carbocycles. The molecule has 0 aromatic rings. The highest BCUT2D eigenvalue weighted by Gasteiger charge is 2.19. The third-order valence-electron chi connectivity index (χ3n) is 1.67. The van der Waals surface area contributed by atoms with Crippen LogP contribution in [0.25, 0.3) is 0 Å². The number of ether oxygens (including phenoxy) is 1. The lowest BCUT2D eigenvalue weighted by atomic mass is 10.3. The van der Waals surface area contributed by atoms with Crippen LogP contribution in [0.2, 0.25) is 0 Å². The van der Waals surface area contributed by atoms with Crippen molar-refractivity contribution < 1.29 is 19.4 Å². The van der Waals surface area contributed by atoms with Crippen LogP contribution >= 0.6 is 0 Å². The number of hydrogen-bond acceptors (Lipinski definition) is 3. The highest BCUT2D eigenvalue weighted by molar-refractivity contribution is 5.81. The largest absolute Gasteiger partial charge is 0.479 e. The highest BCUT2D eigenvalue weighted by atomic mass is 16.5. The van der Waals surface area contributed by atoms with Gasteiger partial charge in [-0.25, -0.2) is 4.79 Å². The Kier molecular flexibility index (Phi) is 5.87. The molecule has 2 unspecified atom stereocenters. The zero-order valence-corrected chi connectivity index (χ0v) is 8.74. The SMILES string of the molecule is CCCNC(=O)C(C)OC(C)C(=O)O. The van der Waals surface area contributed by atoms with Gasteiger partial charge in [0.25, 0.3) is 0 Å². The lowest BCUT2D eigenvalue weighted by Crippen LogP contribution is -2.38. The molecule has 0 aromatic heterocycles. The Labute approximate surface area is 83.4 Å². The number of carbonyl (C=O) groups is 2. The van der Waals surface area contributed by atoms with E-state index in [1.807, 2.05) is 6.92 Å². The maximum atomic E-state index is 11.2. The molecular formula is C9H17NO4. The van der Waals surface area contributed by atoms with E-state index in [0.717, 1.165) is 6.42 Å². The molecule has 0 aromatic carbocycles. The summed E-state index contributed by atoms with van der Waals surface area (Å²) in [5.41, 5.74) is 0. The van der Waals surface area contributed by atoms with Gasteiger partial charge >= 0.3 is 5.97 Å². The maximum Gasteiger partial charge on any atom is 0.332 e. The molecule has 0 aliphatic heterocycles. The van der Waals surface area contributed by atoms with E-state index in [1.54, 1.807) is 0 Å². The van der Waals surface area contributed by atoms with Crippen molar-refractivity contribution in [1.82, 2.24) is 5.32 Å².